The smallest absolute Gasteiger partial charge is 0.338 e. The Morgan fingerprint density at radius 3 is 1.98 bits per heavy atom. The Labute approximate surface area is 246 Å². The van der Waals surface area contributed by atoms with Crippen molar-refractivity contribution >= 4 is 11.9 Å². The van der Waals surface area contributed by atoms with Crippen molar-refractivity contribution in [2.24, 2.45) is 0 Å². The normalized spacial score (nSPS) is 33.6. The van der Waals surface area contributed by atoms with Gasteiger partial charge in [-0.3, -0.25) is 4.79 Å². The summed E-state index contributed by atoms with van der Waals surface area (Å²) in [6, 6.07) is 0. The maximum absolute atomic E-state index is 12.8. The Morgan fingerprint density at radius 2 is 1.36 bits per heavy atom. The van der Waals surface area contributed by atoms with Crippen molar-refractivity contribution in [2.75, 3.05) is 33.0 Å². The van der Waals surface area contributed by atoms with Crippen molar-refractivity contribution in [3.05, 3.63) is 0 Å². The van der Waals surface area contributed by atoms with Gasteiger partial charge < -0.3 is 64.0 Å². The minimum atomic E-state index is -1.53. The number of rotatable bonds is 17. The van der Waals surface area contributed by atoms with Crippen molar-refractivity contribution in [1.82, 2.24) is 5.32 Å². The van der Waals surface area contributed by atoms with Crippen molar-refractivity contribution in [1.29, 1.82) is 0 Å². The number of unbranched alkanes of at least 4 members (excludes halogenated alkanes) is 1. The van der Waals surface area contributed by atoms with E-state index in [1.54, 1.807) is 34.6 Å². The van der Waals surface area contributed by atoms with Crippen molar-refractivity contribution in [3.63, 3.8) is 0 Å². The number of esters is 1. The van der Waals surface area contributed by atoms with E-state index in [0.717, 1.165) is 0 Å². The third-order valence-electron chi connectivity index (χ3n) is 6.47. The highest BCUT2D eigenvalue weighted by molar-refractivity contribution is 5.81. The summed E-state index contributed by atoms with van der Waals surface area (Å²) in [5.74, 6) is -1.34. The highest BCUT2D eigenvalue weighted by Gasteiger charge is 2.50. The van der Waals surface area contributed by atoms with Gasteiger partial charge in [0.2, 0.25) is 0 Å². The summed E-state index contributed by atoms with van der Waals surface area (Å²) in [4.78, 5) is 25.3. The molecule has 42 heavy (non-hydrogen) atoms. The van der Waals surface area contributed by atoms with Crippen LogP contribution in [0.1, 0.15) is 53.9 Å². The second-order valence-electron chi connectivity index (χ2n) is 10.7. The Bertz CT molecular complexity index is 801. The van der Waals surface area contributed by atoms with E-state index in [1.807, 2.05) is 0 Å². The number of ether oxygens (including phenoxy) is 7. The van der Waals surface area contributed by atoms with Crippen LogP contribution in [0.25, 0.3) is 0 Å². The summed E-state index contributed by atoms with van der Waals surface area (Å²) in [5.41, 5.74) is 0. The summed E-state index contributed by atoms with van der Waals surface area (Å²) in [6.07, 6.45) is -13.2. The number of hydrogen-bond donors (Lipinski definition) is 6. The van der Waals surface area contributed by atoms with Gasteiger partial charge in [0.1, 0.15) is 36.6 Å². The number of hydrogen-bond acceptors (Lipinski definition) is 14. The van der Waals surface area contributed by atoms with Gasteiger partial charge in [0.05, 0.1) is 25.4 Å². The molecule has 246 valence electrons. The number of aliphatic hydroxyl groups is 5. The lowest BCUT2D eigenvalue weighted by atomic mass is 9.97. The standard InChI is InChI=1S/C27H49NO14/c1-6-36-25(35)23-20(16(30)19(33)27(42-23)40-15(4)5)37-12-9-13-38-26-18(32)17(31)21(39-14(2)3)22(41-26)24(34)28-10-7-8-11-29/h14-23,26-27,29-33H,6-13H2,1-5H3,(H,28,34)/t16-,17-,18+,19+,20+,21+,22?,23?,26-,27-/m1/s1. The third-order valence-corrected chi connectivity index (χ3v) is 6.47. The molecule has 0 radical (unpaired) electrons. The van der Waals surface area contributed by atoms with Crippen LogP contribution in [0.3, 0.4) is 0 Å². The minimum Gasteiger partial charge on any atom is -0.464 e. The van der Waals surface area contributed by atoms with Gasteiger partial charge in [0.15, 0.2) is 24.8 Å². The van der Waals surface area contributed by atoms with E-state index in [1.165, 1.54) is 0 Å². The number of carbonyl (C=O) groups is 2. The number of nitrogens with one attached hydrogen (secondary N) is 1. The fourth-order valence-electron chi connectivity index (χ4n) is 4.50. The lowest BCUT2D eigenvalue weighted by molar-refractivity contribution is -0.310. The van der Waals surface area contributed by atoms with Crippen LogP contribution in [-0.4, -0.2) is 144 Å². The van der Waals surface area contributed by atoms with Crippen molar-refractivity contribution in [2.45, 2.75) is 128 Å². The topological polar surface area (TPSA) is 212 Å². The van der Waals surface area contributed by atoms with Gasteiger partial charge in [0, 0.05) is 19.8 Å². The molecule has 15 nitrogen and oxygen atoms in total. The molecule has 2 fully saturated rings. The van der Waals surface area contributed by atoms with Gasteiger partial charge in [-0.05, 0) is 53.9 Å². The van der Waals surface area contributed by atoms with Gasteiger partial charge in [-0.2, -0.15) is 0 Å². The fourth-order valence-corrected chi connectivity index (χ4v) is 4.50. The first-order chi connectivity index (χ1) is 19.9. The van der Waals surface area contributed by atoms with Crippen LogP contribution in [0.2, 0.25) is 0 Å². The first kappa shape index (κ1) is 36.7. The average Bonchev–Trinajstić information content (AvgIpc) is 2.93. The molecule has 2 aliphatic rings. The molecule has 0 aliphatic carbocycles. The van der Waals surface area contributed by atoms with Gasteiger partial charge in [-0.1, -0.05) is 0 Å². The molecule has 1 amide bonds. The molecular weight excluding hydrogens is 562 g/mol. The van der Waals surface area contributed by atoms with Crippen LogP contribution in [-0.2, 0) is 42.7 Å². The van der Waals surface area contributed by atoms with E-state index >= 15 is 0 Å². The molecule has 0 bridgehead atoms. The van der Waals surface area contributed by atoms with Crippen LogP contribution in [0.4, 0.5) is 0 Å². The summed E-state index contributed by atoms with van der Waals surface area (Å²) in [7, 11) is 0. The highest BCUT2D eigenvalue weighted by atomic mass is 16.7. The van der Waals surface area contributed by atoms with Crippen molar-refractivity contribution < 1.29 is 68.3 Å². The zero-order valence-corrected chi connectivity index (χ0v) is 25.0. The summed E-state index contributed by atoms with van der Waals surface area (Å²) in [6.45, 7) is 8.67. The van der Waals surface area contributed by atoms with E-state index in [0.29, 0.717) is 12.8 Å². The quantitative estimate of drug-likeness (QED) is 0.0803. The molecule has 0 spiro atoms. The van der Waals surface area contributed by atoms with Crippen LogP contribution in [0.5, 0.6) is 0 Å². The molecule has 10 atom stereocenters. The Balaban J connectivity index is 1.97. The van der Waals surface area contributed by atoms with Gasteiger partial charge in [-0.25, -0.2) is 4.79 Å². The molecule has 0 aromatic heterocycles. The van der Waals surface area contributed by atoms with Crippen LogP contribution >= 0.6 is 0 Å². The second-order valence-corrected chi connectivity index (χ2v) is 10.7. The Hall–Kier alpha value is -1.50. The van der Waals surface area contributed by atoms with Crippen LogP contribution in [0.15, 0.2) is 0 Å². The molecule has 0 aromatic carbocycles. The minimum absolute atomic E-state index is 0.0106. The molecule has 2 heterocycles. The predicted octanol–water partition coefficient (Wildman–Crippen LogP) is -1.66. The molecule has 2 rings (SSSR count). The number of carbonyl (C=O) groups excluding carboxylic acids is 2. The van der Waals surface area contributed by atoms with E-state index in [-0.39, 0.29) is 51.6 Å². The molecule has 0 saturated carbocycles. The summed E-state index contributed by atoms with van der Waals surface area (Å²) < 4.78 is 38.8. The van der Waals surface area contributed by atoms with Crippen molar-refractivity contribution in [3.8, 4) is 0 Å². The first-order valence-corrected chi connectivity index (χ1v) is 14.5. The first-order valence-electron chi connectivity index (χ1n) is 14.5. The molecule has 2 aliphatic heterocycles. The maximum atomic E-state index is 12.8. The second kappa shape index (κ2) is 18.3. The largest absolute Gasteiger partial charge is 0.464 e. The van der Waals surface area contributed by atoms with Gasteiger partial charge in [0.25, 0.3) is 5.91 Å². The monoisotopic (exact) mass is 611 g/mol. The number of aliphatic hydroxyl groups excluding tert-OH is 5. The van der Waals surface area contributed by atoms with Crippen LogP contribution in [0, 0.1) is 0 Å². The molecule has 0 aromatic rings. The molecule has 15 heteroatoms. The van der Waals surface area contributed by atoms with Gasteiger partial charge in [-0.15, -0.1) is 0 Å². The van der Waals surface area contributed by atoms with Crippen LogP contribution < -0.4 is 5.32 Å². The van der Waals surface area contributed by atoms with E-state index < -0.39 is 73.3 Å². The summed E-state index contributed by atoms with van der Waals surface area (Å²) >= 11 is 0. The molecule has 6 N–H and O–H groups in total. The molecule has 2 saturated heterocycles. The zero-order valence-electron chi connectivity index (χ0n) is 25.0. The third kappa shape index (κ3) is 10.6. The van der Waals surface area contributed by atoms with E-state index in [2.05, 4.69) is 5.32 Å². The number of amides is 1. The SMILES string of the molecule is CCOC(=O)C1O[C@@H](OC(C)C)[C@@H](O)[C@@H](O)[C@@H]1OCCCO[C@@H]1OC(C(=O)NCCCCO)[C@@H](OC(C)C)[C@H](O)[C@@H]1O. The lowest BCUT2D eigenvalue weighted by Gasteiger charge is -2.42. The molecule has 2 unspecified atom stereocenters. The highest BCUT2D eigenvalue weighted by Crippen LogP contribution is 2.28. The Morgan fingerprint density at radius 1 is 0.762 bits per heavy atom. The lowest BCUT2D eigenvalue weighted by Crippen LogP contribution is -2.63. The molecular formula is C27H49NO14. The van der Waals surface area contributed by atoms with Gasteiger partial charge >= 0.3 is 5.97 Å². The van der Waals surface area contributed by atoms with E-state index in [9.17, 15) is 30.0 Å². The zero-order chi connectivity index (χ0) is 31.4. The fraction of sp³-hybridized carbons (Fsp3) is 0.926. The Kier molecular flexibility index (Phi) is 16.0. The summed E-state index contributed by atoms with van der Waals surface area (Å²) in [5, 5.41) is 54.1. The predicted molar refractivity (Wildman–Crippen MR) is 144 cm³/mol. The average molecular weight is 612 g/mol. The van der Waals surface area contributed by atoms with E-state index in [4.69, 9.17) is 38.3 Å². The maximum Gasteiger partial charge on any atom is 0.338 e.